The quantitative estimate of drug-likeness (QED) is 0.257. The summed E-state index contributed by atoms with van der Waals surface area (Å²) < 4.78 is 0. The van der Waals surface area contributed by atoms with Gasteiger partial charge < -0.3 is 0 Å². The van der Waals surface area contributed by atoms with Crippen LogP contribution >= 0.6 is 0 Å². The molecule has 0 aliphatic heterocycles. The number of hydrogen-bond donors (Lipinski definition) is 0. The smallest absolute Gasteiger partial charge is 0.0908 e. The predicted molar refractivity (Wildman–Crippen MR) is 85.1 cm³/mol. The zero-order valence-corrected chi connectivity index (χ0v) is 13.0. The summed E-state index contributed by atoms with van der Waals surface area (Å²) in [4.78, 5) is 0. The maximum absolute atomic E-state index is 8.33. The van der Waals surface area contributed by atoms with E-state index in [0.717, 1.165) is 6.42 Å². The molecule has 0 heterocycles. The van der Waals surface area contributed by atoms with E-state index in [9.17, 15) is 0 Å². The van der Waals surface area contributed by atoms with Gasteiger partial charge in [-0.15, -0.1) is 0 Å². The third-order valence-electron chi connectivity index (χ3n) is 3.67. The van der Waals surface area contributed by atoms with E-state index in [0.29, 0.717) is 0 Å². The van der Waals surface area contributed by atoms with Gasteiger partial charge in [0.25, 0.3) is 0 Å². The van der Waals surface area contributed by atoms with E-state index in [1.165, 1.54) is 83.5 Å². The van der Waals surface area contributed by atoms with Crippen molar-refractivity contribution in [1.82, 2.24) is 0 Å². The zero-order chi connectivity index (χ0) is 14.0. The molecule has 19 heavy (non-hydrogen) atoms. The molecule has 0 N–H and O–H groups in total. The standard InChI is InChI=1S/C18H33N/c1-2-3-4-5-6-7-8-9-10-11-12-13-14-15-16-17-18-19/h16-17H,2-15H2,1H3. The van der Waals surface area contributed by atoms with Crippen LogP contribution in [-0.2, 0) is 0 Å². The van der Waals surface area contributed by atoms with Gasteiger partial charge in [-0.25, -0.2) is 0 Å². The molecule has 1 heteroatoms. The number of nitriles is 1. The molecule has 0 bridgehead atoms. The summed E-state index contributed by atoms with van der Waals surface area (Å²) in [6.45, 7) is 2.28. The first-order valence-corrected chi connectivity index (χ1v) is 8.46. The normalized spacial score (nSPS) is 10.9. The lowest BCUT2D eigenvalue weighted by atomic mass is 10.0. The van der Waals surface area contributed by atoms with Crippen molar-refractivity contribution in [2.45, 2.75) is 96.8 Å². The predicted octanol–water partition coefficient (Wildman–Crippen LogP) is 6.55. The Morgan fingerprint density at radius 3 is 1.53 bits per heavy atom. The summed E-state index contributed by atoms with van der Waals surface area (Å²) in [5, 5.41) is 8.33. The summed E-state index contributed by atoms with van der Waals surface area (Å²) in [6.07, 6.45) is 22.9. The molecule has 1 nitrogen and oxygen atoms in total. The van der Waals surface area contributed by atoms with Crippen LogP contribution in [0.25, 0.3) is 0 Å². The van der Waals surface area contributed by atoms with Gasteiger partial charge in [-0.2, -0.15) is 5.26 Å². The summed E-state index contributed by atoms with van der Waals surface area (Å²) in [5.41, 5.74) is 0. The molecule has 0 aliphatic carbocycles. The molecule has 0 spiro atoms. The molecule has 0 aromatic rings. The van der Waals surface area contributed by atoms with E-state index in [1.54, 1.807) is 6.08 Å². The van der Waals surface area contributed by atoms with Gasteiger partial charge in [0.15, 0.2) is 0 Å². The molecule has 0 saturated heterocycles. The van der Waals surface area contributed by atoms with Crippen molar-refractivity contribution in [3.8, 4) is 6.07 Å². The molecule has 0 rings (SSSR count). The van der Waals surface area contributed by atoms with Crippen molar-refractivity contribution in [2.24, 2.45) is 0 Å². The number of hydrogen-bond acceptors (Lipinski definition) is 1. The van der Waals surface area contributed by atoms with Gasteiger partial charge in [0, 0.05) is 6.08 Å². The van der Waals surface area contributed by atoms with Crippen LogP contribution in [0.5, 0.6) is 0 Å². The summed E-state index contributed by atoms with van der Waals surface area (Å²) in [7, 11) is 0. The van der Waals surface area contributed by atoms with E-state index in [4.69, 9.17) is 5.26 Å². The Bertz CT molecular complexity index is 224. The van der Waals surface area contributed by atoms with Gasteiger partial charge in [0.1, 0.15) is 0 Å². The maximum Gasteiger partial charge on any atom is 0.0908 e. The molecule has 0 saturated carbocycles. The van der Waals surface area contributed by atoms with Crippen LogP contribution in [0.2, 0.25) is 0 Å². The third kappa shape index (κ3) is 17.2. The number of allylic oxidation sites excluding steroid dienone is 2. The first-order chi connectivity index (χ1) is 9.41. The first kappa shape index (κ1) is 18.2. The lowest BCUT2D eigenvalue weighted by molar-refractivity contribution is 0.540. The van der Waals surface area contributed by atoms with Crippen LogP contribution in [0.15, 0.2) is 12.2 Å². The lowest BCUT2D eigenvalue weighted by Crippen LogP contribution is -1.82. The van der Waals surface area contributed by atoms with Crippen molar-refractivity contribution in [1.29, 1.82) is 5.26 Å². The van der Waals surface area contributed by atoms with Crippen LogP contribution in [0.1, 0.15) is 96.8 Å². The van der Waals surface area contributed by atoms with E-state index < -0.39 is 0 Å². The number of rotatable bonds is 14. The monoisotopic (exact) mass is 263 g/mol. The van der Waals surface area contributed by atoms with Crippen molar-refractivity contribution < 1.29 is 0 Å². The van der Waals surface area contributed by atoms with E-state index >= 15 is 0 Å². The number of nitrogens with zero attached hydrogens (tertiary/aromatic N) is 1. The molecular formula is C18H33N. The number of unbranched alkanes of at least 4 members (excludes halogenated alkanes) is 13. The maximum atomic E-state index is 8.33. The highest BCUT2D eigenvalue weighted by molar-refractivity contribution is 5.01. The fraction of sp³-hybridized carbons (Fsp3) is 0.833. The lowest BCUT2D eigenvalue weighted by Gasteiger charge is -2.02. The van der Waals surface area contributed by atoms with Gasteiger partial charge in [0.2, 0.25) is 0 Å². The summed E-state index contributed by atoms with van der Waals surface area (Å²) >= 11 is 0. The van der Waals surface area contributed by atoms with Gasteiger partial charge in [0.05, 0.1) is 6.07 Å². The fourth-order valence-electron chi connectivity index (χ4n) is 2.42. The Kier molecular flexibility index (Phi) is 16.5. The second-order valence-corrected chi connectivity index (χ2v) is 5.56. The second-order valence-electron chi connectivity index (χ2n) is 5.56. The van der Waals surface area contributed by atoms with Crippen molar-refractivity contribution in [3.05, 3.63) is 12.2 Å². The summed E-state index contributed by atoms with van der Waals surface area (Å²) in [6, 6.07) is 2.03. The molecule has 0 aromatic carbocycles. The van der Waals surface area contributed by atoms with E-state index in [2.05, 4.69) is 6.92 Å². The van der Waals surface area contributed by atoms with Gasteiger partial charge in [-0.3, -0.25) is 0 Å². The summed E-state index contributed by atoms with van der Waals surface area (Å²) in [5.74, 6) is 0. The molecule has 0 unspecified atom stereocenters. The molecule has 0 amide bonds. The fourth-order valence-corrected chi connectivity index (χ4v) is 2.42. The topological polar surface area (TPSA) is 23.8 Å². The van der Waals surface area contributed by atoms with E-state index in [1.807, 2.05) is 12.1 Å². The molecule has 0 aliphatic rings. The van der Waals surface area contributed by atoms with Crippen molar-refractivity contribution in [2.75, 3.05) is 0 Å². The van der Waals surface area contributed by atoms with Gasteiger partial charge >= 0.3 is 0 Å². The largest absolute Gasteiger partial charge is 0.193 e. The van der Waals surface area contributed by atoms with Gasteiger partial charge in [-0.05, 0) is 12.8 Å². The molecule has 0 radical (unpaired) electrons. The molecule has 0 fully saturated rings. The second kappa shape index (κ2) is 17.2. The minimum absolute atomic E-state index is 1.07. The third-order valence-corrected chi connectivity index (χ3v) is 3.67. The molecule has 0 atom stereocenters. The Morgan fingerprint density at radius 1 is 0.684 bits per heavy atom. The molecule has 0 aromatic heterocycles. The van der Waals surface area contributed by atoms with Crippen molar-refractivity contribution >= 4 is 0 Å². The van der Waals surface area contributed by atoms with Crippen LogP contribution in [0, 0.1) is 11.3 Å². The Morgan fingerprint density at radius 2 is 1.11 bits per heavy atom. The van der Waals surface area contributed by atoms with Crippen LogP contribution in [0.4, 0.5) is 0 Å². The van der Waals surface area contributed by atoms with E-state index in [-0.39, 0.29) is 0 Å². The first-order valence-electron chi connectivity index (χ1n) is 8.46. The van der Waals surface area contributed by atoms with Crippen molar-refractivity contribution in [3.63, 3.8) is 0 Å². The average Bonchev–Trinajstić information content (AvgIpc) is 2.43. The average molecular weight is 263 g/mol. The highest BCUT2D eigenvalue weighted by Gasteiger charge is 1.93. The Balaban J connectivity index is 2.95. The Hall–Kier alpha value is -0.770. The van der Waals surface area contributed by atoms with Crippen LogP contribution in [-0.4, -0.2) is 0 Å². The highest BCUT2D eigenvalue weighted by Crippen LogP contribution is 2.12. The minimum atomic E-state index is 1.07. The molecular weight excluding hydrogens is 230 g/mol. The highest BCUT2D eigenvalue weighted by atomic mass is 14.2. The zero-order valence-electron chi connectivity index (χ0n) is 13.0. The minimum Gasteiger partial charge on any atom is -0.193 e. The molecule has 110 valence electrons. The van der Waals surface area contributed by atoms with Gasteiger partial charge in [-0.1, -0.05) is 90.0 Å². The SMILES string of the molecule is CCCCCCCCCCCCCCCC=CC#N. The van der Waals surface area contributed by atoms with Crippen LogP contribution < -0.4 is 0 Å². The Labute approximate surface area is 121 Å². The van der Waals surface area contributed by atoms with Crippen LogP contribution in [0.3, 0.4) is 0 Å².